The molecule has 0 atom stereocenters. The quantitative estimate of drug-likeness (QED) is 0.162. The van der Waals surface area contributed by atoms with E-state index in [0.29, 0.717) is 22.4 Å². The third-order valence-electron chi connectivity index (χ3n) is 10.3. The summed E-state index contributed by atoms with van der Waals surface area (Å²) in [6.45, 7) is 4.35. The summed E-state index contributed by atoms with van der Waals surface area (Å²) in [7, 11) is 0. The number of rotatable bonds is 5. The summed E-state index contributed by atoms with van der Waals surface area (Å²) in [5, 5.41) is 1.67. The summed E-state index contributed by atoms with van der Waals surface area (Å²) in [5.41, 5.74) is 13.0. The van der Waals surface area contributed by atoms with Crippen molar-refractivity contribution in [2.75, 3.05) is 6.61 Å². The Hall–Kier alpha value is -6.76. The van der Waals surface area contributed by atoms with E-state index >= 15 is 0 Å². The number of para-hydroxylation sites is 1. The summed E-state index contributed by atoms with van der Waals surface area (Å²) in [6, 6.07) is 48.9. The number of hydrogen-bond donors (Lipinski definition) is 0. The van der Waals surface area contributed by atoms with Gasteiger partial charge in [0, 0.05) is 5.39 Å². The molecule has 0 fully saturated rings. The molecule has 0 amide bonds. The van der Waals surface area contributed by atoms with E-state index in [4.69, 9.17) is 24.7 Å². The van der Waals surface area contributed by atoms with E-state index in [9.17, 15) is 4.79 Å². The van der Waals surface area contributed by atoms with Gasteiger partial charge in [0.05, 0.1) is 40.4 Å². The first-order chi connectivity index (χ1) is 27.5. The molecule has 8 bridgehead atoms. The van der Waals surface area contributed by atoms with Crippen molar-refractivity contribution in [3.8, 4) is 44.8 Å². The third kappa shape index (κ3) is 6.28. The van der Waals surface area contributed by atoms with Gasteiger partial charge in [-0.15, -0.1) is 22.1 Å². The number of benzene rings is 4. The Morgan fingerprint density at radius 3 is 1.68 bits per heavy atom. The molecule has 57 heavy (non-hydrogen) atoms. The molecule has 0 radical (unpaired) electrons. The Kier molecular flexibility index (Phi) is 9.27. The van der Waals surface area contributed by atoms with Gasteiger partial charge in [-0.1, -0.05) is 147 Å². The molecular weight excluding hydrogens is 749 g/mol. The monoisotopic (exact) mass is 783 g/mol. The Labute approximate surface area is 339 Å². The summed E-state index contributed by atoms with van der Waals surface area (Å²) in [6.07, 6.45) is 3.70. The summed E-state index contributed by atoms with van der Waals surface area (Å²) in [5.74, 6) is 0.166. The van der Waals surface area contributed by atoms with Gasteiger partial charge < -0.3 is 14.7 Å². The van der Waals surface area contributed by atoms with E-state index < -0.39 is 6.09 Å². The molecule has 4 aromatic carbocycles. The summed E-state index contributed by atoms with van der Waals surface area (Å²) >= 11 is 0. The second-order valence-corrected chi connectivity index (χ2v) is 14.4. The predicted octanol–water partition coefficient (Wildman–Crippen LogP) is 11.7. The largest absolute Gasteiger partial charge is 2.00 e. The fourth-order valence-corrected chi connectivity index (χ4v) is 7.80. The van der Waals surface area contributed by atoms with Crippen LogP contribution in [0.1, 0.15) is 25.2 Å². The van der Waals surface area contributed by atoms with Crippen molar-refractivity contribution in [2.24, 2.45) is 5.92 Å². The molecule has 3 aliphatic heterocycles. The zero-order chi connectivity index (χ0) is 37.8. The van der Waals surface area contributed by atoms with Crippen molar-refractivity contribution in [2.45, 2.75) is 13.8 Å². The van der Waals surface area contributed by atoms with Crippen molar-refractivity contribution in [3.63, 3.8) is 0 Å². The van der Waals surface area contributed by atoms with Gasteiger partial charge in [-0.3, -0.25) is 0 Å². The van der Waals surface area contributed by atoms with Crippen LogP contribution in [0.15, 0.2) is 146 Å². The van der Waals surface area contributed by atoms with Crippen molar-refractivity contribution < 1.29 is 26.0 Å². The van der Waals surface area contributed by atoms with Crippen molar-refractivity contribution in [1.82, 2.24) is 24.5 Å². The van der Waals surface area contributed by atoms with Gasteiger partial charge in [0.1, 0.15) is 0 Å². The first kappa shape index (κ1) is 35.9. The fraction of sp³-hybridized carbons (Fsp3) is 0.0816. The molecule has 6 heterocycles. The normalized spacial score (nSPS) is 11.8. The van der Waals surface area contributed by atoms with Crippen LogP contribution in [0.3, 0.4) is 0 Å². The van der Waals surface area contributed by atoms with E-state index in [1.165, 1.54) is 0 Å². The molecule has 7 nitrogen and oxygen atoms in total. The summed E-state index contributed by atoms with van der Waals surface area (Å²) in [4.78, 5) is 35.7. The molecule has 0 N–H and O–H groups in total. The molecule has 3 aromatic heterocycles. The van der Waals surface area contributed by atoms with E-state index in [0.717, 1.165) is 77.6 Å². The van der Waals surface area contributed by atoms with Gasteiger partial charge in [-0.25, -0.2) is 19.3 Å². The standard InChI is InChI=1S/C49H35N5O2.Ni/c1-30(2)29-56-49(55)54-42-21-13-12-20-34(42)47-40-27-26-38(52-40)45(32-16-8-4-9-17-32)36-23-22-35(50-36)44(31-14-6-3-7-15-31)37-24-25-39(51-37)46(33-18-10-5-11-19-33)41-28-43(54)48(47)53-41;/h3-28,30H,29H2,1-2H3;/q-2;+2. The molecule has 3 aliphatic rings. The molecule has 278 valence electrons. The van der Waals surface area contributed by atoms with Gasteiger partial charge in [-0.05, 0) is 69.0 Å². The summed E-state index contributed by atoms with van der Waals surface area (Å²) < 4.78 is 7.59. The zero-order valence-corrected chi connectivity index (χ0v) is 32.2. The maximum atomic E-state index is 14.2. The molecule has 8 heteroatoms. The van der Waals surface area contributed by atoms with Crippen molar-refractivity contribution in [3.05, 3.63) is 157 Å². The number of carbonyl (C=O) groups is 1. The second kappa shape index (κ2) is 14.7. The maximum absolute atomic E-state index is 14.2. The number of pyridine rings is 1. The minimum absolute atomic E-state index is 0. The van der Waals surface area contributed by atoms with Crippen molar-refractivity contribution >= 4 is 62.1 Å². The molecule has 0 unspecified atom stereocenters. The van der Waals surface area contributed by atoms with Crippen LogP contribution in [0, 0.1) is 5.92 Å². The number of aromatic nitrogens is 5. The van der Waals surface area contributed by atoms with Gasteiger partial charge in [0.2, 0.25) is 0 Å². The predicted molar refractivity (Wildman–Crippen MR) is 227 cm³/mol. The minimum Gasteiger partial charge on any atom is -0.657 e. The number of ether oxygens (including phenoxy) is 1. The van der Waals surface area contributed by atoms with E-state index in [2.05, 4.69) is 66.7 Å². The van der Waals surface area contributed by atoms with Crippen LogP contribution in [0.4, 0.5) is 4.79 Å². The number of hydrogen-bond acceptors (Lipinski definition) is 4. The van der Waals surface area contributed by atoms with Crippen LogP contribution in [0.5, 0.6) is 0 Å². The minimum atomic E-state index is -0.456. The number of fused-ring (bicyclic) bond motifs is 10. The second-order valence-electron chi connectivity index (χ2n) is 14.4. The SMILES string of the molecule is CC(C)COC(=O)n1c2cc3nc-2c(c2ccc([n-]2)c(-c2ccccc2)c2nc(c(-c4ccccc4)c4ccc([n-]4)c3-c3ccccc3)C=C2)c2ccccc21.[Ni+2]. The number of carbonyl (C=O) groups excluding carboxylic acids is 1. The van der Waals surface area contributed by atoms with Crippen LogP contribution < -0.4 is 9.97 Å². The zero-order valence-electron chi connectivity index (χ0n) is 31.2. The first-order valence-electron chi connectivity index (χ1n) is 18.8. The van der Waals surface area contributed by atoms with E-state index in [1.807, 2.05) is 105 Å². The Bertz CT molecular complexity index is 3070. The van der Waals surface area contributed by atoms with Crippen LogP contribution in [-0.4, -0.2) is 27.2 Å². The molecule has 0 aliphatic carbocycles. The maximum Gasteiger partial charge on any atom is 2.00 e. The van der Waals surface area contributed by atoms with Crippen LogP contribution in [0.2, 0.25) is 0 Å². The van der Waals surface area contributed by atoms with Gasteiger partial charge in [-0.2, -0.15) is 0 Å². The Morgan fingerprint density at radius 2 is 1.11 bits per heavy atom. The average Bonchev–Trinajstić information content (AvgIpc) is 4.07. The smallest absolute Gasteiger partial charge is 0.657 e. The molecule has 0 saturated heterocycles. The average molecular weight is 785 g/mol. The van der Waals surface area contributed by atoms with Crippen LogP contribution in [0.25, 0.3) is 101 Å². The van der Waals surface area contributed by atoms with Gasteiger partial charge in [0.25, 0.3) is 0 Å². The molecular formula is C49H35N5NiO2. The Morgan fingerprint density at radius 1 is 0.614 bits per heavy atom. The molecule has 7 aromatic rings. The molecule has 0 spiro atoms. The fourth-order valence-electron chi connectivity index (χ4n) is 7.80. The van der Waals surface area contributed by atoms with Crippen LogP contribution in [-0.2, 0) is 21.2 Å². The van der Waals surface area contributed by atoms with Gasteiger partial charge >= 0.3 is 22.6 Å². The Balaban J connectivity index is 0.00000422. The topological polar surface area (TPSA) is 85.2 Å². The number of nitrogens with zero attached hydrogens (tertiary/aromatic N) is 5. The van der Waals surface area contributed by atoms with E-state index in [1.54, 1.807) is 4.57 Å². The van der Waals surface area contributed by atoms with Gasteiger partial charge in [0.15, 0.2) is 0 Å². The van der Waals surface area contributed by atoms with E-state index in [-0.39, 0.29) is 29.0 Å². The van der Waals surface area contributed by atoms with Crippen LogP contribution >= 0.6 is 0 Å². The van der Waals surface area contributed by atoms with Crippen molar-refractivity contribution in [1.29, 1.82) is 0 Å². The third-order valence-corrected chi connectivity index (χ3v) is 10.3. The molecule has 0 saturated carbocycles. The first-order valence-corrected chi connectivity index (χ1v) is 18.8. The molecule has 10 rings (SSSR count).